The minimum Gasteiger partial charge on any atom is -0.507 e. The summed E-state index contributed by atoms with van der Waals surface area (Å²) in [6, 6.07) is 3.35. The molecule has 0 amide bonds. The van der Waals surface area contributed by atoms with E-state index in [1.54, 1.807) is 58.9 Å². The first-order chi connectivity index (χ1) is 26.6. The third-order valence-corrected chi connectivity index (χ3v) is 13.5. The van der Waals surface area contributed by atoms with E-state index in [2.05, 4.69) is 0 Å². The van der Waals surface area contributed by atoms with Gasteiger partial charge in [0.1, 0.15) is 28.8 Å². The molecule has 0 radical (unpaired) electrons. The second-order valence-electron chi connectivity index (χ2n) is 17.5. The molecular weight excluding hydrogens is 740 g/mol. The van der Waals surface area contributed by atoms with Crippen molar-refractivity contribution in [1.29, 1.82) is 0 Å². The van der Waals surface area contributed by atoms with Crippen LogP contribution in [-0.2, 0) is 38.0 Å². The van der Waals surface area contributed by atoms with Gasteiger partial charge in [-0.2, -0.15) is 0 Å². The normalized spacial score (nSPS) is 39.2. The van der Waals surface area contributed by atoms with Gasteiger partial charge < -0.3 is 54.0 Å². The first-order valence-corrected chi connectivity index (χ1v) is 20.4. The summed E-state index contributed by atoms with van der Waals surface area (Å²) >= 11 is 0. The Kier molecular flexibility index (Phi) is 13.4. The lowest BCUT2D eigenvalue weighted by atomic mass is 9.74. The highest BCUT2D eigenvalue weighted by molar-refractivity contribution is 5.93. The van der Waals surface area contributed by atoms with Gasteiger partial charge in [0.05, 0.1) is 37.1 Å². The second kappa shape index (κ2) is 17.0. The minimum atomic E-state index is -1.71. The van der Waals surface area contributed by atoms with Crippen molar-refractivity contribution in [2.45, 2.75) is 154 Å². The van der Waals surface area contributed by atoms with Crippen LogP contribution in [0.25, 0.3) is 0 Å². The number of aliphatic hydroxyl groups is 3. The van der Waals surface area contributed by atoms with E-state index in [9.17, 15) is 39.9 Å². The molecule has 57 heavy (non-hydrogen) atoms. The van der Waals surface area contributed by atoms with Crippen molar-refractivity contribution in [1.82, 2.24) is 0 Å². The molecule has 4 aliphatic rings. The predicted molar refractivity (Wildman–Crippen MR) is 206 cm³/mol. The molecule has 0 bridgehead atoms. The highest BCUT2D eigenvalue weighted by Gasteiger charge is 2.70. The number of rotatable bonds is 13. The molecule has 0 aromatic heterocycles. The summed E-state index contributed by atoms with van der Waals surface area (Å²) in [7, 11) is 1.51. The SMILES string of the molecule is CCOC(=O)C1OC(C2(C)OC3(OC4(C=CC3O)O[C@H](C(C)C(=O)[C@@H](C)C(O)[C@H](C)CC(C)c3ccc(C)c(O)c3C(=O)O)[C@@H](C)C[C@@H]4C)C(C)[C@H]2OC)C[C@H]1O. The van der Waals surface area contributed by atoms with Crippen LogP contribution < -0.4 is 0 Å². The molecular formula is C43H64O14. The Bertz CT molecular complexity index is 1680. The lowest BCUT2D eigenvalue weighted by Gasteiger charge is -2.54. The van der Waals surface area contributed by atoms with Gasteiger partial charge in [0.2, 0.25) is 5.79 Å². The Hall–Kier alpha value is -2.95. The number of methoxy groups -OCH3 is 1. The molecule has 5 N–H and O–H groups in total. The Labute approximate surface area is 335 Å². The van der Waals surface area contributed by atoms with Gasteiger partial charge in [-0.1, -0.05) is 60.6 Å². The van der Waals surface area contributed by atoms with Crippen LogP contribution in [0, 0.1) is 42.4 Å². The molecule has 1 aromatic rings. The molecule has 14 nitrogen and oxygen atoms in total. The van der Waals surface area contributed by atoms with Crippen molar-refractivity contribution in [3.05, 3.63) is 41.0 Å². The topological polar surface area (TPSA) is 208 Å². The maximum atomic E-state index is 14.2. The number of esters is 1. The number of hydrogen-bond donors (Lipinski definition) is 5. The number of phenols is 1. The summed E-state index contributed by atoms with van der Waals surface area (Å²) in [6.07, 6.45) is -2.62. The van der Waals surface area contributed by atoms with E-state index >= 15 is 0 Å². The summed E-state index contributed by atoms with van der Waals surface area (Å²) < 4.78 is 37.8. The number of aliphatic hydroxyl groups excluding tert-OH is 3. The van der Waals surface area contributed by atoms with Crippen LogP contribution in [0.1, 0.15) is 109 Å². The first kappa shape index (κ1) is 45.1. The number of hydrogen-bond acceptors (Lipinski definition) is 13. The average Bonchev–Trinajstić information content (AvgIpc) is 3.66. The van der Waals surface area contributed by atoms with Crippen molar-refractivity contribution >= 4 is 17.7 Å². The van der Waals surface area contributed by atoms with Crippen molar-refractivity contribution in [3.63, 3.8) is 0 Å². The highest BCUT2D eigenvalue weighted by atomic mass is 16.8. The van der Waals surface area contributed by atoms with Gasteiger partial charge in [0.15, 0.2) is 11.9 Å². The monoisotopic (exact) mass is 804 g/mol. The number of carboxylic acid groups (broad SMARTS) is 1. The summed E-state index contributed by atoms with van der Waals surface area (Å²) in [5.74, 6) is -8.73. The fraction of sp³-hybridized carbons (Fsp3) is 0.744. The number of carbonyl (C=O) groups excluding carboxylic acids is 2. The molecule has 10 unspecified atom stereocenters. The minimum absolute atomic E-state index is 0.0479. The molecule has 3 saturated heterocycles. The largest absolute Gasteiger partial charge is 0.507 e. The Balaban J connectivity index is 1.34. The van der Waals surface area contributed by atoms with Crippen LogP contribution >= 0.6 is 0 Å². The number of Topliss-reactive ketones (excluding diaryl/α,β-unsaturated/α-hetero) is 1. The number of ether oxygens (including phenoxy) is 6. The van der Waals surface area contributed by atoms with Crippen molar-refractivity contribution < 1.29 is 68.3 Å². The second-order valence-corrected chi connectivity index (χ2v) is 17.5. The Morgan fingerprint density at radius 3 is 2.32 bits per heavy atom. The molecule has 4 aliphatic heterocycles. The molecule has 1 aromatic carbocycles. The number of aromatic carboxylic acids is 1. The zero-order chi connectivity index (χ0) is 42.5. The van der Waals surface area contributed by atoms with Crippen molar-refractivity contribution in [3.8, 4) is 5.75 Å². The Morgan fingerprint density at radius 1 is 1.04 bits per heavy atom. The highest BCUT2D eigenvalue weighted by Crippen LogP contribution is 2.56. The van der Waals surface area contributed by atoms with Gasteiger partial charge in [-0.25, -0.2) is 9.59 Å². The zero-order valence-electron chi connectivity index (χ0n) is 35.1. The molecule has 0 aliphatic carbocycles. The fourth-order valence-corrected chi connectivity index (χ4v) is 10.1. The van der Waals surface area contributed by atoms with Crippen LogP contribution in [0.15, 0.2) is 24.3 Å². The molecule has 17 atom stereocenters. The van der Waals surface area contributed by atoms with Crippen molar-refractivity contribution in [2.24, 2.45) is 35.5 Å². The quantitative estimate of drug-likeness (QED) is 0.136. The van der Waals surface area contributed by atoms with Gasteiger partial charge in [-0.05, 0) is 74.6 Å². The van der Waals surface area contributed by atoms with E-state index in [1.807, 2.05) is 34.6 Å². The molecule has 4 heterocycles. The summed E-state index contributed by atoms with van der Waals surface area (Å²) in [6.45, 7) is 18.1. The number of aryl methyl sites for hydroxylation is 1. The summed E-state index contributed by atoms with van der Waals surface area (Å²) in [5, 5.41) is 54.3. The van der Waals surface area contributed by atoms with Gasteiger partial charge >= 0.3 is 11.9 Å². The number of carboxylic acids is 1. The van der Waals surface area contributed by atoms with E-state index in [1.165, 1.54) is 7.11 Å². The third kappa shape index (κ3) is 7.93. The van der Waals surface area contributed by atoms with Crippen LogP contribution in [0.4, 0.5) is 0 Å². The van der Waals surface area contributed by atoms with E-state index < -0.39 is 95.5 Å². The zero-order valence-corrected chi connectivity index (χ0v) is 35.1. The average molecular weight is 805 g/mol. The number of benzene rings is 1. The van der Waals surface area contributed by atoms with Crippen LogP contribution in [0.2, 0.25) is 0 Å². The van der Waals surface area contributed by atoms with E-state index in [4.69, 9.17) is 28.4 Å². The lowest BCUT2D eigenvalue weighted by Crippen LogP contribution is -2.64. The predicted octanol–water partition coefficient (Wildman–Crippen LogP) is 4.65. The maximum absolute atomic E-state index is 14.2. The first-order valence-electron chi connectivity index (χ1n) is 20.4. The van der Waals surface area contributed by atoms with E-state index in [0.717, 1.165) is 0 Å². The van der Waals surface area contributed by atoms with E-state index in [-0.39, 0.29) is 47.9 Å². The Morgan fingerprint density at radius 2 is 1.70 bits per heavy atom. The standard InChI is InChI=1S/C43H64O14/c1-12-53-40(51)37-29(44)19-31(54-37)41(10)38(52-11)27(9)43(56-41)30(45)15-16-42(57-43)24(6)18-23(5)36(55-42)26(8)35(48)25(7)33(46)22(4)17-21(3)28-14-13-20(2)34(47)32(28)39(49)50/h13-16,21-27,29-31,33,36-38,44-47H,12,17-19H2,1-11H3,(H,49,50)/t21?,22-,23+,24+,25+,26?,27?,29-,30?,31?,33?,36+,37?,38-,41?,42?,43?/m1/s1. The fourth-order valence-electron chi connectivity index (χ4n) is 10.1. The van der Waals surface area contributed by atoms with Gasteiger partial charge in [-0.15, -0.1) is 0 Å². The lowest BCUT2D eigenvalue weighted by molar-refractivity contribution is -0.414. The van der Waals surface area contributed by atoms with Gasteiger partial charge in [0.25, 0.3) is 0 Å². The maximum Gasteiger partial charge on any atom is 0.339 e. The molecule has 3 fully saturated rings. The molecule has 5 rings (SSSR count). The van der Waals surface area contributed by atoms with Gasteiger partial charge in [-0.3, -0.25) is 4.79 Å². The molecule has 14 heteroatoms. The number of aromatic hydroxyl groups is 1. The third-order valence-electron chi connectivity index (χ3n) is 13.5. The molecule has 2 spiro atoms. The molecule has 0 saturated carbocycles. The van der Waals surface area contributed by atoms with E-state index in [0.29, 0.717) is 24.0 Å². The van der Waals surface area contributed by atoms with Crippen molar-refractivity contribution in [2.75, 3.05) is 13.7 Å². The smallest absolute Gasteiger partial charge is 0.339 e. The summed E-state index contributed by atoms with van der Waals surface area (Å²) in [5.41, 5.74) is -0.550. The number of carbonyl (C=O) groups is 3. The van der Waals surface area contributed by atoms with Crippen LogP contribution in [-0.4, -0.2) is 117 Å². The van der Waals surface area contributed by atoms with Crippen LogP contribution in [0.5, 0.6) is 5.75 Å². The number of ketones is 1. The van der Waals surface area contributed by atoms with Gasteiger partial charge in [0, 0.05) is 37.2 Å². The summed E-state index contributed by atoms with van der Waals surface area (Å²) in [4.78, 5) is 38.9. The van der Waals surface area contributed by atoms with Crippen LogP contribution in [0.3, 0.4) is 0 Å². The molecule has 320 valence electrons.